The Morgan fingerprint density at radius 2 is 1.39 bits per heavy atom. The van der Waals surface area contributed by atoms with E-state index in [1.54, 1.807) is 16.0 Å². The molecule has 1 aromatic heterocycles. The molecule has 14 nitrogen and oxygen atoms in total. The molecular formula is C32H54N8O6. The molecule has 2 fully saturated rings. The smallest absolute Gasteiger partial charge is 0.407 e. The second-order valence-electron chi connectivity index (χ2n) is 13.7. The largest absolute Gasteiger partial charge is 0.453 e. The fraction of sp³-hybridized carbons (Fsp3) is 0.750. The van der Waals surface area contributed by atoms with E-state index in [0.717, 1.165) is 18.5 Å². The molecule has 0 aliphatic carbocycles. The molecule has 0 radical (unpaired) electrons. The third-order valence-electron chi connectivity index (χ3n) is 9.81. The predicted octanol–water partition coefficient (Wildman–Crippen LogP) is 3.24. The third-order valence-corrected chi connectivity index (χ3v) is 9.81. The Balaban J connectivity index is 1.81. The van der Waals surface area contributed by atoms with E-state index < -0.39 is 35.3 Å². The van der Waals surface area contributed by atoms with Gasteiger partial charge in [0.25, 0.3) is 0 Å². The van der Waals surface area contributed by atoms with Crippen molar-refractivity contribution in [1.29, 1.82) is 0 Å². The molecule has 1 aromatic rings. The number of nitrogens with zero attached hydrogens (tertiary/aromatic N) is 4. The van der Waals surface area contributed by atoms with Gasteiger partial charge >= 0.3 is 12.2 Å². The number of likely N-dealkylation sites (tertiary alicyclic amines) is 2. The Morgan fingerprint density at radius 1 is 0.891 bits per heavy atom. The van der Waals surface area contributed by atoms with E-state index in [-0.39, 0.29) is 35.6 Å². The topological polar surface area (TPSA) is 184 Å². The zero-order valence-electron chi connectivity index (χ0n) is 29.1. The number of hydrogen-bond acceptors (Lipinski definition) is 8. The first-order chi connectivity index (χ1) is 21.5. The van der Waals surface area contributed by atoms with Gasteiger partial charge < -0.3 is 40.6 Å². The summed E-state index contributed by atoms with van der Waals surface area (Å²) < 4.78 is 9.50. The number of amides is 4. The van der Waals surface area contributed by atoms with Gasteiger partial charge in [-0.2, -0.15) is 0 Å². The highest BCUT2D eigenvalue weighted by Crippen LogP contribution is 2.39. The maximum atomic E-state index is 13.7. The SMILES string of the molecule is COC(=O)N[C@H](C(=O)N1CCC[C@@]1(C)C(N)=N[C@@H](C)C(C)c1cnc([C@]2(C)CCCN2C(=O)[C@@H](NC(=O)OC)C(C)C)[nH]1)C(C)C. The molecule has 2 aliphatic rings. The van der Waals surface area contributed by atoms with Crippen LogP contribution in [0.2, 0.25) is 0 Å². The lowest BCUT2D eigenvalue weighted by Gasteiger charge is -2.38. The number of ether oxygens (including phenoxy) is 2. The number of rotatable bonds is 11. The highest BCUT2D eigenvalue weighted by Gasteiger charge is 2.47. The molecule has 6 atom stereocenters. The molecule has 4 amide bonds. The van der Waals surface area contributed by atoms with Crippen LogP contribution in [0.25, 0.3) is 0 Å². The third kappa shape index (κ3) is 7.41. The summed E-state index contributed by atoms with van der Waals surface area (Å²) in [5, 5.41) is 5.36. The number of carbonyl (C=O) groups excluding carboxylic acids is 4. The Kier molecular flexibility index (Phi) is 11.7. The number of hydrogen-bond donors (Lipinski definition) is 4. The van der Waals surface area contributed by atoms with Gasteiger partial charge in [0, 0.05) is 30.9 Å². The van der Waals surface area contributed by atoms with Crippen LogP contribution in [0.5, 0.6) is 0 Å². The van der Waals surface area contributed by atoms with Crippen molar-refractivity contribution in [2.24, 2.45) is 22.6 Å². The molecule has 0 spiro atoms. The van der Waals surface area contributed by atoms with Crippen LogP contribution in [0.4, 0.5) is 9.59 Å². The van der Waals surface area contributed by atoms with Crippen molar-refractivity contribution < 1.29 is 28.7 Å². The van der Waals surface area contributed by atoms with Crippen LogP contribution in [0, 0.1) is 11.8 Å². The fourth-order valence-corrected chi connectivity index (χ4v) is 6.45. The average Bonchev–Trinajstić information content (AvgIpc) is 3.76. The number of aromatic nitrogens is 2. The zero-order valence-corrected chi connectivity index (χ0v) is 29.1. The first-order valence-electron chi connectivity index (χ1n) is 16.2. The normalized spacial score (nSPS) is 24.5. The van der Waals surface area contributed by atoms with Crippen LogP contribution < -0.4 is 16.4 Å². The molecule has 2 saturated heterocycles. The van der Waals surface area contributed by atoms with Gasteiger partial charge in [0.2, 0.25) is 11.8 Å². The number of nitrogens with two attached hydrogens (primary N) is 1. The summed E-state index contributed by atoms with van der Waals surface area (Å²) in [5.74, 6) is 0.220. The van der Waals surface area contributed by atoms with Gasteiger partial charge in [-0.1, -0.05) is 34.6 Å². The second kappa shape index (κ2) is 14.7. The first kappa shape index (κ1) is 36.6. The molecule has 0 aromatic carbocycles. The molecule has 3 rings (SSSR count). The molecule has 2 aliphatic heterocycles. The molecule has 14 heteroatoms. The van der Waals surface area contributed by atoms with E-state index in [4.69, 9.17) is 25.2 Å². The highest BCUT2D eigenvalue weighted by atomic mass is 16.5. The zero-order chi connectivity index (χ0) is 34.6. The van der Waals surface area contributed by atoms with Crippen molar-refractivity contribution in [2.75, 3.05) is 27.3 Å². The van der Waals surface area contributed by atoms with Crippen molar-refractivity contribution in [3.63, 3.8) is 0 Å². The maximum Gasteiger partial charge on any atom is 0.407 e. The number of imidazole rings is 1. The number of carbonyl (C=O) groups is 4. The summed E-state index contributed by atoms with van der Waals surface area (Å²) in [6.07, 6.45) is 3.40. The minimum Gasteiger partial charge on any atom is -0.453 e. The number of nitrogens with one attached hydrogen (secondary N) is 3. The molecular weight excluding hydrogens is 592 g/mol. The van der Waals surface area contributed by atoms with Crippen LogP contribution in [-0.2, 0) is 24.6 Å². The number of amidine groups is 1. The summed E-state index contributed by atoms with van der Waals surface area (Å²) in [6, 6.07) is -1.75. The Hall–Kier alpha value is -3.84. The van der Waals surface area contributed by atoms with E-state index in [2.05, 4.69) is 15.6 Å². The summed E-state index contributed by atoms with van der Waals surface area (Å²) >= 11 is 0. The van der Waals surface area contributed by atoms with E-state index >= 15 is 0 Å². The quantitative estimate of drug-likeness (QED) is 0.209. The highest BCUT2D eigenvalue weighted by molar-refractivity contribution is 5.96. The van der Waals surface area contributed by atoms with Crippen LogP contribution in [0.3, 0.4) is 0 Å². The van der Waals surface area contributed by atoms with Gasteiger partial charge in [-0.25, -0.2) is 14.6 Å². The molecule has 5 N–H and O–H groups in total. The predicted molar refractivity (Wildman–Crippen MR) is 174 cm³/mol. The van der Waals surface area contributed by atoms with E-state index in [1.807, 2.05) is 55.4 Å². The fourth-order valence-electron chi connectivity index (χ4n) is 6.45. The minimum atomic E-state index is -0.807. The molecule has 3 heterocycles. The average molecular weight is 647 g/mol. The van der Waals surface area contributed by atoms with Gasteiger partial charge in [0.15, 0.2) is 0 Å². The van der Waals surface area contributed by atoms with Crippen molar-refractivity contribution >= 4 is 29.8 Å². The van der Waals surface area contributed by atoms with E-state index in [9.17, 15) is 19.2 Å². The summed E-state index contributed by atoms with van der Waals surface area (Å²) in [5.41, 5.74) is 6.03. The lowest BCUT2D eigenvalue weighted by molar-refractivity contribution is -0.139. The Bertz CT molecular complexity index is 1300. The van der Waals surface area contributed by atoms with E-state index in [0.29, 0.717) is 37.6 Å². The number of aromatic amines is 1. The summed E-state index contributed by atoms with van der Waals surface area (Å²) in [6.45, 7) is 16.5. The number of H-pyrrole nitrogens is 1. The van der Waals surface area contributed by atoms with Crippen molar-refractivity contribution in [3.05, 3.63) is 17.7 Å². The molecule has 258 valence electrons. The van der Waals surface area contributed by atoms with Gasteiger partial charge in [-0.05, 0) is 58.3 Å². The second-order valence-corrected chi connectivity index (χ2v) is 13.7. The Labute approximate surface area is 272 Å². The lowest BCUT2D eigenvalue weighted by atomic mass is 9.94. The van der Waals surface area contributed by atoms with Gasteiger partial charge in [0.1, 0.15) is 23.7 Å². The van der Waals surface area contributed by atoms with Crippen molar-refractivity contribution in [3.8, 4) is 0 Å². The van der Waals surface area contributed by atoms with Crippen LogP contribution in [0.1, 0.15) is 98.5 Å². The molecule has 0 bridgehead atoms. The molecule has 0 saturated carbocycles. The maximum absolute atomic E-state index is 13.7. The first-order valence-corrected chi connectivity index (χ1v) is 16.2. The van der Waals surface area contributed by atoms with Crippen LogP contribution in [0.15, 0.2) is 11.2 Å². The number of alkyl carbamates (subject to hydrolysis) is 2. The number of methoxy groups -OCH3 is 2. The summed E-state index contributed by atoms with van der Waals surface area (Å²) in [4.78, 5) is 67.9. The van der Waals surface area contributed by atoms with Crippen molar-refractivity contribution in [1.82, 2.24) is 30.4 Å². The van der Waals surface area contributed by atoms with Crippen LogP contribution >= 0.6 is 0 Å². The van der Waals surface area contributed by atoms with Gasteiger partial charge in [0.05, 0.1) is 31.3 Å². The Morgan fingerprint density at radius 3 is 1.91 bits per heavy atom. The van der Waals surface area contributed by atoms with Gasteiger partial charge in [-0.15, -0.1) is 0 Å². The van der Waals surface area contributed by atoms with Gasteiger partial charge in [-0.3, -0.25) is 14.6 Å². The minimum absolute atomic E-state index is 0.114. The summed E-state index contributed by atoms with van der Waals surface area (Å²) in [7, 11) is 2.54. The molecule has 46 heavy (non-hydrogen) atoms. The van der Waals surface area contributed by atoms with Crippen molar-refractivity contribution in [2.45, 2.75) is 116 Å². The standard InChI is InChI=1S/C32H54N8O6/c1-18(2)23(37-29(43)45-9)25(41)39-15-11-13-31(39,7)27(33)35-21(6)20(5)22-17-34-28(36-22)32(8)14-12-16-40(32)26(42)24(19(3)4)38-30(44)46-10/h17-21,23-24H,11-16H2,1-10H3,(H2,33,35)(H,34,36)(H,37,43)(H,38,44)/t20?,21-,23-,24-,31-,32-/m0/s1. The van der Waals surface area contributed by atoms with E-state index in [1.165, 1.54) is 14.2 Å². The number of aliphatic imine (C=N–C) groups is 1. The lowest BCUT2D eigenvalue weighted by Crippen LogP contribution is -2.60. The van der Waals surface area contributed by atoms with Crippen LogP contribution in [-0.4, -0.2) is 101 Å². The molecule has 1 unspecified atom stereocenters. The monoisotopic (exact) mass is 646 g/mol.